The van der Waals surface area contributed by atoms with Crippen molar-refractivity contribution >= 4 is 11.6 Å². The first-order valence-electron chi connectivity index (χ1n) is 6.87. The Morgan fingerprint density at radius 3 is 2.79 bits per heavy atom. The van der Waals surface area contributed by atoms with Crippen LogP contribution < -0.4 is 5.73 Å². The highest BCUT2D eigenvalue weighted by Gasteiger charge is 2.33. The molecule has 1 aliphatic rings. The summed E-state index contributed by atoms with van der Waals surface area (Å²) < 4.78 is 5.48. The van der Waals surface area contributed by atoms with Crippen molar-refractivity contribution in [2.75, 3.05) is 18.9 Å². The van der Waals surface area contributed by atoms with Crippen LogP contribution in [0.3, 0.4) is 0 Å². The molecule has 0 bridgehead atoms. The molecule has 4 heteroatoms. The van der Waals surface area contributed by atoms with Gasteiger partial charge in [0.05, 0.1) is 12.0 Å². The zero-order valence-corrected chi connectivity index (χ0v) is 11.6. The number of benzene rings is 1. The molecule has 2 atom stereocenters. The molecule has 2 N–H and O–H groups in total. The summed E-state index contributed by atoms with van der Waals surface area (Å²) in [4.78, 5) is 14.4. The molecule has 0 radical (unpaired) electrons. The molecule has 1 heterocycles. The fourth-order valence-corrected chi connectivity index (χ4v) is 2.52. The first-order valence-corrected chi connectivity index (χ1v) is 6.87. The Labute approximate surface area is 114 Å². The molecule has 1 aromatic carbocycles. The Hall–Kier alpha value is -1.55. The second-order valence-corrected chi connectivity index (χ2v) is 5.02. The van der Waals surface area contributed by atoms with E-state index in [9.17, 15) is 4.79 Å². The quantitative estimate of drug-likeness (QED) is 0.845. The number of hydrogen-bond acceptors (Lipinski definition) is 3. The molecule has 2 rings (SSSR count). The van der Waals surface area contributed by atoms with Gasteiger partial charge in [-0.2, -0.15) is 0 Å². The van der Waals surface area contributed by atoms with Gasteiger partial charge in [0.15, 0.2) is 0 Å². The monoisotopic (exact) mass is 262 g/mol. The third-order valence-corrected chi connectivity index (χ3v) is 3.80. The standard InChI is InChI=1S/C15H22N2O2/c1-3-17(10-12-6-4-5-7-14(12)16)15(18)13-8-9-19-11(13)2/h4-7,11,13H,3,8-10,16H2,1-2H3. The van der Waals surface area contributed by atoms with Crippen LogP contribution in [-0.2, 0) is 16.1 Å². The maximum absolute atomic E-state index is 12.5. The van der Waals surface area contributed by atoms with Gasteiger partial charge in [-0.15, -0.1) is 0 Å². The number of carbonyl (C=O) groups excluding carboxylic acids is 1. The second kappa shape index (κ2) is 6.06. The Bertz CT molecular complexity index is 448. The molecule has 0 aliphatic carbocycles. The van der Waals surface area contributed by atoms with Gasteiger partial charge >= 0.3 is 0 Å². The molecule has 1 fully saturated rings. The summed E-state index contributed by atoms with van der Waals surface area (Å²) >= 11 is 0. The minimum Gasteiger partial charge on any atom is -0.398 e. The number of ether oxygens (including phenoxy) is 1. The van der Waals surface area contributed by atoms with E-state index in [1.54, 1.807) is 0 Å². The summed E-state index contributed by atoms with van der Waals surface area (Å²) in [6.45, 7) is 5.92. The molecule has 104 valence electrons. The number of para-hydroxylation sites is 1. The van der Waals surface area contributed by atoms with Crippen LogP contribution in [0, 0.1) is 5.92 Å². The highest BCUT2D eigenvalue weighted by Crippen LogP contribution is 2.24. The van der Waals surface area contributed by atoms with E-state index in [1.165, 1.54) is 0 Å². The Balaban J connectivity index is 2.08. The summed E-state index contributed by atoms with van der Waals surface area (Å²) in [5, 5.41) is 0. The lowest BCUT2D eigenvalue weighted by Crippen LogP contribution is -2.38. The Kier molecular flexibility index (Phi) is 4.43. The van der Waals surface area contributed by atoms with Crippen molar-refractivity contribution < 1.29 is 9.53 Å². The Morgan fingerprint density at radius 1 is 1.47 bits per heavy atom. The molecule has 4 nitrogen and oxygen atoms in total. The third kappa shape index (κ3) is 3.07. The molecule has 2 unspecified atom stereocenters. The number of rotatable bonds is 4. The average molecular weight is 262 g/mol. The van der Waals surface area contributed by atoms with Crippen LogP contribution in [-0.4, -0.2) is 30.1 Å². The molecular formula is C15H22N2O2. The van der Waals surface area contributed by atoms with Crippen molar-refractivity contribution in [2.45, 2.75) is 32.9 Å². The molecule has 1 saturated heterocycles. The summed E-state index contributed by atoms with van der Waals surface area (Å²) in [5.41, 5.74) is 7.69. The second-order valence-electron chi connectivity index (χ2n) is 5.02. The predicted octanol–water partition coefficient (Wildman–Crippen LogP) is 2.04. The zero-order chi connectivity index (χ0) is 13.8. The van der Waals surface area contributed by atoms with Gasteiger partial charge < -0.3 is 15.4 Å². The molecule has 1 amide bonds. The lowest BCUT2D eigenvalue weighted by atomic mass is 10.0. The van der Waals surface area contributed by atoms with E-state index in [-0.39, 0.29) is 17.9 Å². The summed E-state index contributed by atoms with van der Waals surface area (Å²) in [7, 11) is 0. The van der Waals surface area contributed by atoms with Crippen LogP contribution in [0.2, 0.25) is 0 Å². The number of amides is 1. The smallest absolute Gasteiger partial charge is 0.228 e. The van der Waals surface area contributed by atoms with Crippen molar-refractivity contribution in [1.82, 2.24) is 4.90 Å². The number of nitrogens with zero attached hydrogens (tertiary/aromatic N) is 1. The van der Waals surface area contributed by atoms with Gasteiger partial charge in [0.1, 0.15) is 0 Å². The number of hydrogen-bond donors (Lipinski definition) is 1. The first-order chi connectivity index (χ1) is 9.13. The van der Waals surface area contributed by atoms with E-state index in [0.717, 1.165) is 17.7 Å². The van der Waals surface area contributed by atoms with E-state index in [2.05, 4.69) is 0 Å². The number of anilines is 1. The average Bonchev–Trinajstić information content (AvgIpc) is 2.83. The molecular weight excluding hydrogens is 240 g/mol. The molecule has 19 heavy (non-hydrogen) atoms. The van der Waals surface area contributed by atoms with Gasteiger partial charge in [-0.3, -0.25) is 4.79 Å². The number of nitrogen functional groups attached to an aromatic ring is 1. The molecule has 1 aliphatic heterocycles. The van der Waals surface area contributed by atoms with E-state index in [0.29, 0.717) is 19.7 Å². The maximum atomic E-state index is 12.5. The van der Waals surface area contributed by atoms with E-state index >= 15 is 0 Å². The molecule has 0 aromatic heterocycles. The number of carbonyl (C=O) groups is 1. The lowest BCUT2D eigenvalue weighted by molar-refractivity contribution is -0.137. The summed E-state index contributed by atoms with van der Waals surface area (Å²) in [5.74, 6) is 0.167. The van der Waals surface area contributed by atoms with Gasteiger partial charge in [-0.05, 0) is 31.9 Å². The summed E-state index contributed by atoms with van der Waals surface area (Å²) in [6, 6.07) is 7.70. The fraction of sp³-hybridized carbons (Fsp3) is 0.533. The van der Waals surface area contributed by atoms with Crippen LogP contribution in [0.15, 0.2) is 24.3 Å². The van der Waals surface area contributed by atoms with Gasteiger partial charge in [0.2, 0.25) is 5.91 Å². The SMILES string of the molecule is CCN(Cc1ccccc1N)C(=O)C1CCOC1C. The largest absolute Gasteiger partial charge is 0.398 e. The van der Waals surface area contributed by atoms with Gasteiger partial charge in [-0.25, -0.2) is 0 Å². The minimum atomic E-state index is -0.00936. The highest BCUT2D eigenvalue weighted by molar-refractivity contribution is 5.79. The van der Waals surface area contributed by atoms with Crippen molar-refractivity contribution in [2.24, 2.45) is 5.92 Å². The molecule has 0 saturated carbocycles. The molecule has 0 spiro atoms. The van der Waals surface area contributed by atoms with Crippen LogP contribution in [0.4, 0.5) is 5.69 Å². The predicted molar refractivity (Wildman–Crippen MR) is 75.5 cm³/mol. The topological polar surface area (TPSA) is 55.6 Å². The van der Waals surface area contributed by atoms with E-state index in [4.69, 9.17) is 10.5 Å². The van der Waals surface area contributed by atoms with Crippen LogP contribution in [0.5, 0.6) is 0 Å². The number of nitrogens with two attached hydrogens (primary N) is 1. The fourth-order valence-electron chi connectivity index (χ4n) is 2.52. The Morgan fingerprint density at radius 2 is 2.21 bits per heavy atom. The van der Waals surface area contributed by atoms with Crippen LogP contribution >= 0.6 is 0 Å². The first kappa shape index (κ1) is 13.9. The minimum absolute atomic E-state index is 0.00936. The van der Waals surface area contributed by atoms with Crippen molar-refractivity contribution in [3.05, 3.63) is 29.8 Å². The zero-order valence-electron chi connectivity index (χ0n) is 11.6. The van der Waals surface area contributed by atoms with Gasteiger partial charge in [-0.1, -0.05) is 18.2 Å². The van der Waals surface area contributed by atoms with Crippen molar-refractivity contribution in [3.63, 3.8) is 0 Å². The highest BCUT2D eigenvalue weighted by atomic mass is 16.5. The normalized spacial score (nSPS) is 22.4. The van der Waals surface area contributed by atoms with Gasteiger partial charge in [0.25, 0.3) is 0 Å². The van der Waals surface area contributed by atoms with E-state index < -0.39 is 0 Å². The molecule has 1 aromatic rings. The van der Waals surface area contributed by atoms with Crippen molar-refractivity contribution in [1.29, 1.82) is 0 Å². The maximum Gasteiger partial charge on any atom is 0.228 e. The van der Waals surface area contributed by atoms with Crippen LogP contribution in [0.1, 0.15) is 25.8 Å². The van der Waals surface area contributed by atoms with Crippen molar-refractivity contribution in [3.8, 4) is 0 Å². The van der Waals surface area contributed by atoms with E-state index in [1.807, 2.05) is 43.0 Å². The third-order valence-electron chi connectivity index (χ3n) is 3.80. The van der Waals surface area contributed by atoms with Gasteiger partial charge in [0, 0.05) is 25.4 Å². The summed E-state index contributed by atoms with van der Waals surface area (Å²) in [6.07, 6.45) is 0.843. The lowest BCUT2D eigenvalue weighted by Gasteiger charge is -2.26. The van der Waals surface area contributed by atoms with Crippen LogP contribution in [0.25, 0.3) is 0 Å².